The lowest BCUT2D eigenvalue weighted by Gasteiger charge is -2.34. The standard InChI is InChI=1S/C12H17N3O2/c1-2-3-14-4-6-15(7-5-14)12(17)10-8-11(16)13-9-10/h1,10H,3-9H2,(H,13,16). The van der Waals surface area contributed by atoms with Crippen LogP contribution in [-0.4, -0.2) is 60.9 Å². The van der Waals surface area contributed by atoms with E-state index in [1.54, 1.807) is 0 Å². The van der Waals surface area contributed by atoms with E-state index in [2.05, 4.69) is 16.1 Å². The molecule has 1 N–H and O–H groups in total. The van der Waals surface area contributed by atoms with Crippen LogP contribution in [0.5, 0.6) is 0 Å². The molecule has 0 aromatic carbocycles. The Morgan fingerprint density at radius 2 is 2.12 bits per heavy atom. The van der Waals surface area contributed by atoms with Crippen LogP contribution in [0.25, 0.3) is 0 Å². The normalized spacial score (nSPS) is 25.5. The smallest absolute Gasteiger partial charge is 0.228 e. The first kappa shape index (κ1) is 11.9. The highest BCUT2D eigenvalue weighted by molar-refractivity contribution is 5.89. The third-order valence-corrected chi connectivity index (χ3v) is 3.33. The molecule has 2 saturated heterocycles. The number of rotatable bonds is 2. The van der Waals surface area contributed by atoms with Crippen molar-refractivity contribution in [3.8, 4) is 12.3 Å². The minimum atomic E-state index is -0.165. The number of hydrogen-bond acceptors (Lipinski definition) is 3. The fourth-order valence-electron chi connectivity index (χ4n) is 2.29. The molecule has 17 heavy (non-hydrogen) atoms. The van der Waals surface area contributed by atoms with Crippen LogP contribution in [0.15, 0.2) is 0 Å². The minimum Gasteiger partial charge on any atom is -0.355 e. The van der Waals surface area contributed by atoms with Gasteiger partial charge >= 0.3 is 0 Å². The molecule has 0 aliphatic carbocycles. The lowest BCUT2D eigenvalue weighted by molar-refractivity contribution is -0.137. The fraction of sp³-hybridized carbons (Fsp3) is 0.667. The Morgan fingerprint density at radius 1 is 1.41 bits per heavy atom. The van der Waals surface area contributed by atoms with Crippen molar-refractivity contribution in [3.63, 3.8) is 0 Å². The van der Waals surface area contributed by atoms with Gasteiger partial charge in [-0.1, -0.05) is 5.92 Å². The monoisotopic (exact) mass is 235 g/mol. The summed E-state index contributed by atoms with van der Waals surface area (Å²) in [5.74, 6) is 2.53. The highest BCUT2D eigenvalue weighted by Crippen LogP contribution is 2.14. The first-order valence-corrected chi connectivity index (χ1v) is 5.92. The van der Waals surface area contributed by atoms with E-state index in [0.717, 1.165) is 13.1 Å². The van der Waals surface area contributed by atoms with Gasteiger partial charge in [-0.2, -0.15) is 0 Å². The first-order valence-electron chi connectivity index (χ1n) is 5.92. The van der Waals surface area contributed by atoms with Crippen LogP contribution in [0.1, 0.15) is 6.42 Å². The van der Waals surface area contributed by atoms with Gasteiger partial charge in [0.2, 0.25) is 11.8 Å². The summed E-state index contributed by atoms with van der Waals surface area (Å²) >= 11 is 0. The van der Waals surface area contributed by atoms with E-state index < -0.39 is 0 Å². The average molecular weight is 235 g/mol. The number of terminal acetylenes is 1. The Hall–Kier alpha value is -1.54. The summed E-state index contributed by atoms with van der Waals surface area (Å²) in [5.41, 5.74) is 0. The Kier molecular flexibility index (Phi) is 3.64. The summed E-state index contributed by atoms with van der Waals surface area (Å²) in [6, 6.07) is 0. The van der Waals surface area contributed by atoms with Crippen LogP contribution < -0.4 is 5.32 Å². The van der Waals surface area contributed by atoms with Gasteiger partial charge in [-0.25, -0.2) is 0 Å². The molecule has 1 atom stereocenters. The van der Waals surface area contributed by atoms with Crippen LogP contribution in [0.2, 0.25) is 0 Å². The quantitative estimate of drug-likeness (QED) is 0.618. The molecule has 92 valence electrons. The molecule has 0 saturated carbocycles. The molecule has 5 nitrogen and oxygen atoms in total. The molecule has 0 aromatic heterocycles. The second-order valence-electron chi connectivity index (χ2n) is 4.51. The summed E-state index contributed by atoms with van der Waals surface area (Å²) < 4.78 is 0. The van der Waals surface area contributed by atoms with Crippen molar-refractivity contribution in [3.05, 3.63) is 0 Å². The highest BCUT2D eigenvalue weighted by atomic mass is 16.2. The Bertz CT molecular complexity index is 353. The first-order chi connectivity index (χ1) is 8.20. The Morgan fingerprint density at radius 3 is 2.65 bits per heavy atom. The maximum Gasteiger partial charge on any atom is 0.228 e. The highest BCUT2D eigenvalue weighted by Gasteiger charge is 2.32. The van der Waals surface area contributed by atoms with Gasteiger partial charge in [0.05, 0.1) is 12.5 Å². The van der Waals surface area contributed by atoms with Crippen molar-refractivity contribution >= 4 is 11.8 Å². The van der Waals surface area contributed by atoms with Crippen LogP contribution in [0.4, 0.5) is 0 Å². The van der Waals surface area contributed by atoms with Gasteiger partial charge in [0.25, 0.3) is 0 Å². The van der Waals surface area contributed by atoms with Gasteiger partial charge in [-0.05, 0) is 0 Å². The molecule has 2 aliphatic heterocycles. The van der Waals surface area contributed by atoms with E-state index in [-0.39, 0.29) is 17.7 Å². The van der Waals surface area contributed by atoms with Gasteiger partial charge in [0.15, 0.2) is 0 Å². The number of piperazine rings is 1. The topological polar surface area (TPSA) is 52.6 Å². The van der Waals surface area contributed by atoms with E-state index in [1.165, 1.54) is 0 Å². The molecular weight excluding hydrogens is 218 g/mol. The minimum absolute atomic E-state index is 0.0192. The third-order valence-electron chi connectivity index (χ3n) is 3.33. The molecular formula is C12H17N3O2. The average Bonchev–Trinajstić information content (AvgIpc) is 2.76. The van der Waals surface area contributed by atoms with Crippen LogP contribution >= 0.6 is 0 Å². The maximum atomic E-state index is 12.1. The zero-order valence-corrected chi connectivity index (χ0v) is 9.82. The number of nitrogens with one attached hydrogen (secondary N) is 1. The van der Waals surface area contributed by atoms with Gasteiger partial charge in [0.1, 0.15) is 0 Å². The van der Waals surface area contributed by atoms with Crippen LogP contribution in [-0.2, 0) is 9.59 Å². The predicted molar refractivity (Wildman–Crippen MR) is 63.0 cm³/mol. The molecule has 0 aromatic rings. The molecule has 2 rings (SSSR count). The van der Waals surface area contributed by atoms with E-state index in [1.807, 2.05) is 4.90 Å². The summed E-state index contributed by atoms with van der Waals surface area (Å²) in [7, 11) is 0. The summed E-state index contributed by atoms with van der Waals surface area (Å²) in [5, 5.41) is 2.70. The zero-order chi connectivity index (χ0) is 12.3. The molecule has 2 amide bonds. The second-order valence-corrected chi connectivity index (χ2v) is 4.51. The largest absolute Gasteiger partial charge is 0.355 e. The molecule has 1 unspecified atom stereocenters. The molecule has 0 spiro atoms. The molecule has 0 radical (unpaired) electrons. The summed E-state index contributed by atoms with van der Waals surface area (Å²) in [4.78, 5) is 27.2. The van der Waals surface area contributed by atoms with Crippen LogP contribution in [0.3, 0.4) is 0 Å². The maximum absolute atomic E-state index is 12.1. The third kappa shape index (κ3) is 2.77. The molecule has 0 bridgehead atoms. The molecule has 2 heterocycles. The zero-order valence-electron chi connectivity index (χ0n) is 9.82. The number of carbonyl (C=O) groups excluding carboxylic acids is 2. The number of amides is 2. The van der Waals surface area contributed by atoms with Crippen molar-refractivity contribution in [2.45, 2.75) is 6.42 Å². The molecule has 2 aliphatic rings. The van der Waals surface area contributed by atoms with Gasteiger partial charge < -0.3 is 10.2 Å². The number of carbonyl (C=O) groups is 2. The summed E-state index contributed by atoms with van der Waals surface area (Å²) in [6.07, 6.45) is 5.59. The SMILES string of the molecule is C#CCN1CCN(C(=O)C2CNC(=O)C2)CC1. The van der Waals surface area contributed by atoms with Gasteiger partial charge in [-0.15, -0.1) is 6.42 Å². The number of hydrogen-bond donors (Lipinski definition) is 1. The van der Waals surface area contributed by atoms with Crippen molar-refractivity contribution in [1.29, 1.82) is 0 Å². The van der Waals surface area contributed by atoms with E-state index in [4.69, 9.17) is 6.42 Å². The fourth-order valence-corrected chi connectivity index (χ4v) is 2.29. The van der Waals surface area contributed by atoms with Crippen molar-refractivity contribution < 1.29 is 9.59 Å². The number of nitrogens with zero attached hydrogens (tertiary/aromatic N) is 2. The van der Waals surface area contributed by atoms with Crippen LogP contribution in [0, 0.1) is 18.3 Å². The predicted octanol–water partition coefficient (Wildman–Crippen LogP) is -1.10. The van der Waals surface area contributed by atoms with Gasteiger partial charge in [-0.3, -0.25) is 14.5 Å². The van der Waals surface area contributed by atoms with Crippen molar-refractivity contribution in [1.82, 2.24) is 15.1 Å². The summed E-state index contributed by atoms with van der Waals surface area (Å²) in [6.45, 7) is 4.21. The van der Waals surface area contributed by atoms with Gasteiger partial charge in [0, 0.05) is 39.1 Å². The van der Waals surface area contributed by atoms with Crippen molar-refractivity contribution in [2.24, 2.45) is 5.92 Å². The van der Waals surface area contributed by atoms with Crippen molar-refractivity contribution in [2.75, 3.05) is 39.3 Å². The lowest BCUT2D eigenvalue weighted by Crippen LogP contribution is -2.50. The van der Waals surface area contributed by atoms with E-state index >= 15 is 0 Å². The molecule has 2 fully saturated rings. The van der Waals surface area contributed by atoms with E-state index in [0.29, 0.717) is 32.6 Å². The Labute approximate surface area is 101 Å². The van der Waals surface area contributed by atoms with E-state index in [9.17, 15) is 9.59 Å². The Balaban J connectivity index is 1.82. The molecule has 5 heteroatoms. The second kappa shape index (κ2) is 5.19. The lowest BCUT2D eigenvalue weighted by atomic mass is 10.1.